The monoisotopic (exact) mass is 714 g/mol. The van der Waals surface area contributed by atoms with Crippen LogP contribution in [0.2, 0.25) is 0 Å². The number of rotatable bonds is 8. The van der Waals surface area contributed by atoms with Crippen LogP contribution in [0.1, 0.15) is 0 Å². The molecule has 0 saturated carbocycles. The number of para-hydroxylation sites is 2. The highest BCUT2D eigenvalue weighted by Crippen LogP contribution is 2.50. The fourth-order valence-corrected chi connectivity index (χ4v) is 8.35. The largest absolute Gasteiger partial charge is 0.309 e. The Morgan fingerprint density at radius 1 is 0.304 bits per heavy atom. The van der Waals surface area contributed by atoms with Gasteiger partial charge < -0.3 is 9.47 Å². The smallest absolute Gasteiger partial charge is 0.0561 e. The lowest BCUT2D eigenvalue weighted by Crippen LogP contribution is -2.13. The van der Waals surface area contributed by atoms with E-state index in [4.69, 9.17) is 0 Å². The van der Waals surface area contributed by atoms with Gasteiger partial charge in [-0.2, -0.15) is 0 Å². The zero-order valence-electron chi connectivity index (χ0n) is 30.8. The first kappa shape index (κ1) is 33.2. The van der Waals surface area contributed by atoms with Crippen LogP contribution in [0.3, 0.4) is 0 Å². The van der Waals surface area contributed by atoms with Gasteiger partial charge in [-0.3, -0.25) is 0 Å². The third-order valence-electron chi connectivity index (χ3n) is 10.8. The van der Waals surface area contributed by atoms with Crippen LogP contribution in [-0.4, -0.2) is 4.57 Å². The standard InChI is InChI=1S/C54H38N2/c1-6-20-39(21-7-1)45-31-18-34-50(53(45)41-24-10-3-11-25-41)56(51-35-19-32-46(40-22-8-2-9-23-40)54(51)42-26-12-4-13-27-42)44-36-37-48-47-30-16-17-33-49(47)55(52(48)38-44)43-28-14-5-15-29-43/h1-38H. The minimum absolute atomic E-state index is 1.07. The molecule has 0 atom stereocenters. The molecule has 56 heavy (non-hydrogen) atoms. The zero-order chi connectivity index (χ0) is 37.3. The van der Waals surface area contributed by atoms with Crippen LogP contribution in [0.15, 0.2) is 231 Å². The lowest BCUT2D eigenvalue weighted by Gasteiger charge is -2.32. The van der Waals surface area contributed by atoms with Crippen molar-refractivity contribution in [2.24, 2.45) is 0 Å². The number of nitrogens with zero attached hydrogens (tertiary/aromatic N) is 2. The van der Waals surface area contributed by atoms with Crippen molar-refractivity contribution in [1.29, 1.82) is 0 Å². The Kier molecular flexibility index (Phi) is 8.55. The van der Waals surface area contributed by atoms with Crippen molar-refractivity contribution in [2.75, 3.05) is 4.90 Å². The maximum absolute atomic E-state index is 2.50. The maximum atomic E-state index is 2.50. The summed E-state index contributed by atoms with van der Waals surface area (Å²) >= 11 is 0. The summed E-state index contributed by atoms with van der Waals surface area (Å²) in [6.07, 6.45) is 0. The van der Waals surface area contributed by atoms with Crippen LogP contribution in [0.4, 0.5) is 17.1 Å². The number of fused-ring (bicyclic) bond motifs is 3. The molecule has 0 radical (unpaired) electrons. The molecule has 10 rings (SSSR count). The highest BCUT2D eigenvalue weighted by molar-refractivity contribution is 6.11. The van der Waals surface area contributed by atoms with Crippen LogP contribution < -0.4 is 4.90 Å². The summed E-state index contributed by atoms with van der Waals surface area (Å²) in [5.74, 6) is 0. The number of hydrogen-bond donors (Lipinski definition) is 0. The average Bonchev–Trinajstić information content (AvgIpc) is 3.61. The van der Waals surface area contributed by atoms with E-state index < -0.39 is 0 Å². The molecule has 0 N–H and O–H groups in total. The first-order valence-corrected chi connectivity index (χ1v) is 19.2. The van der Waals surface area contributed by atoms with Gasteiger partial charge in [-0.15, -0.1) is 0 Å². The van der Waals surface area contributed by atoms with Crippen LogP contribution in [0.25, 0.3) is 72.0 Å². The van der Waals surface area contributed by atoms with Crippen LogP contribution in [0, 0.1) is 0 Å². The third kappa shape index (κ3) is 5.85. The first-order chi connectivity index (χ1) is 27.8. The fraction of sp³-hybridized carbons (Fsp3) is 0. The number of benzene rings is 9. The molecule has 0 aliphatic heterocycles. The summed E-state index contributed by atoms with van der Waals surface area (Å²) in [4.78, 5) is 2.50. The first-order valence-electron chi connectivity index (χ1n) is 19.2. The molecular formula is C54H38N2. The molecule has 264 valence electrons. The van der Waals surface area contributed by atoms with E-state index in [1.807, 2.05) is 0 Å². The Bertz CT molecular complexity index is 2810. The molecule has 0 spiro atoms. The van der Waals surface area contributed by atoms with E-state index in [1.165, 1.54) is 49.7 Å². The van der Waals surface area contributed by atoms with Gasteiger partial charge in [0.25, 0.3) is 0 Å². The van der Waals surface area contributed by atoms with Gasteiger partial charge in [-0.05, 0) is 75.8 Å². The molecule has 0 bridgehead atoms. The Morgan fingerprint density at radius 3 is 1.25 bits per heavy atom. The van der Waals surface area contributed by atoms with Crippen LogP contribution >= 0.6 is 0 Å². The second-order valence-electron chi connectivity index (χ2n) is 14.1. The minimum Gasteiger partial charge on any atom is -0.309 e. The Morgan fingerprint density at radius 2 is 0.732 bits per heavy atom. The van der Waals surface area contributed by atoms with Gasteiger partial charge in [0.05, 0.1) is 22.4 Å². The van der Waals surface area contributed by atoms with Gasteiger partial charge in [0, 0.05) is 33.3 Å². The third-order valence-corrected chi connectivity index (χ3v) is 10.8. The van der Waals surface area contributed by atoms with E-state index in [1.54, 1.807) is 0 Å². The van der Waals surface area contributed by atoms with Crippen molar-refractivity contribution in [3.8, 4) is 50.2 Å². The van der Waals surface area contributed by atoms with Crippen molar-refractivity contribution >= 4 is 38.9 Å². The van der Waals surface area contributed by atoms with Crippen LogP contribution in [0.5, 0.6) is 0 Å². The lowest BCUT2D eigenvalue weighted by molar-refractivity contribution is 1.18. The summed E-state index contributed by atoms with van der Waals surface area (Å²) in [5.41, 5.74) is 16.1. The molecule has 0 aliphatic rings. The van der Waals surface area contributed by atoms with Gasteiger partial charge in [0.1, 0.15) is 0 Å². The molecular weight excluding hydrogens is 677 g/mol. The average molecular weight is 715 g/mol. The van der Waals surface area contributed by atoms with Crippen molar-refractivity contribution in [3.63, 3.8) is 0 Å². The van der Waals surface area contributed by atoms with Gasteiger partial charge in [0.15, 0.2) is 0 Å². The normalized spacial score (nSPS) is 11.2. The second-order valence-corrected chi connectivity index (χ2v) is 14.1. The molecule has 10 aromatic rings. The molecule has 0 unspecified atom stereocenters. The van der Waals surface area contributed by atoms with Crippen molar-refractivity contribution in [1.82, 2.24) is 4.57 Å². The van der Waals surface area contributed by atoms with Gasteiger partial charge in [-0.1, -0.05) is 188 Å². The molecule has 0 saturated heterocycles. The summed E-state index contributed by atoms with van der Waals surface area (Å²) in [6.45, 7) is 0. The number of aromatic nitrogens is 1. The molecule has 0 fully saturated rings. The highest BCUT2D eigenvalue weighted by Gasteiger charge is 2.25. The summed E-state index contributed by atoms with van der Waals surface area (Å²) in [5, 5.41) is 2.45. The SMILES string of the molecule is c1ccc(-c2cccc(N(c3ccc4c5ccccc5n(-c5ccccc5)c4c3)c3cccc(-c4ccccc4)c3-c3ccccc3)c2-c2ccccc2)cc1. The molecule has 1 heterocycles. The van der Waals surface area contributed by atoms with Gasteiger partial charge in [-0.25, -0.2) is 0 Å². The van der Waals surface area contributed by atoms with Crippen molar-refractivity contribution < 1.29 is 0 Å². The maximum Gasteiger partial charge on any atom is 0.0561 e. The molecule has 2 nitrogen and oxygen atoms in total. The summed E-state index contributed by atoms with van der Waals surface area (Å²) < 4.78 is 2.41. The zero-order valence-corrected chi connectivity index (χ0v) is 30.8. The van der Waals surface area contributed by atoms with Crippen molar-refractivity contribution in [2.45, 2.75) is 0 Å². The molecule has 1 aromatic heterocycles. The summed E-state index contributed by atoms with van der Waals surface area (Å²) in [7, 11) is 0. The minimum atomic E-state index is 1.07. The van der Waals surface area contributed by atoms with Crippen LogP contribution in [-0.2, 0) is 0 Å². The van der Waals surface area contributed by atoms with E-state index in [9.17, 15) is 0 Å². The quantitative estimate of drug-likeness (QED) is 0.152. The number of anilines is 3. The lowest BCUT2D eigenvalue weighted by atomic mass is 9.90. The fourth-order valence-electron chi connectivity index (χ4n) is 8.35. The molecule has 0 amide bonds. The molecule has 0 aliphatic carbocycles. The predicted octanol–water partition coefficient (Wildman–Crippen LogP) is 14.9. The Hall–Kier alpha value is -7.42. The van der Waals surface area contributed by atoms with Gasteiger partial charge >= 0.3 is 0 Å². The Balaban J connectivity index is 1.34. The van der Waals surface area contributed by atoms with E-state index in [-0.39, 0.29) is 0 Å². The van der Waals surface area contributed by atoms with E-state index >= 15 is 0 Å². The summed E-state index contributed by atoms with van der Waals surface area (Å²) in [6, 6.07) is 83.2. The highest BCUT2D eigenvalue weighted by atomic mass is 15.2. The van der Waals surface area contributed by atoms with E-state index in [0.717, 1.165) is 39.4 Å². The Labute approximate surface area is 327 Å². The van der Waals surface area contributed by atoms with E-state index in [2.05, 4.69) is 240 Å². The molecule has 2 heteroatoms. The predicted molar refractivity (Wildman–Crippen MR) is 237 cm³/mol. The topological polar surface area (TPSA) is 8.17 Å². The molecule has 9 aromatic carbocycles. The van der Waals surface area contributed by atoms with Crippen molar-refractivity contribution in [3.05, 3.63) is 231 Å². The second kappa shape index (κ2) is 14.4. The van der Waals surface area contributed by atoms with Gasteiger partial charge in [0.2, 0.25) is 0 Å². The number of hydrogen-bond acceptors (Lipinski definition) is 1. The van der Waals surface area contributed by atoms with E-state index in [0.29, 0.717) is 0 Å².